The summed E-state index contributed by atoms with van der Waals surface area (Å²) in [5.74, 6) is -3.77. The van der Waals surface area contributed by atoms with Gasteiger partial charge in [0.1, 0.15) is 0 Å². The van der Waals surface area contributed by atoms with Gasteiger partial charge in [-0.3, -0.25) is 0 Å². The molecule has 0 saturated carbocycles. The SMILES string of the molecule is CC(O)c1ccc(Oc2cc(Br)cc(F)c2F)c(F)c1. The Morgan fingerprint density at radius 2 is 1.75 bits per heavy atom. The molecule has 1 N–H and O–H groups in total. The Kier molecular flexibility index (Phi) is 4.35. The number of aliphatic hydroxyl groups is 1. The minimum Gasteiger partial charge on any atom is -0.451 e. The third-order valence-electron chi connectivity index (χ3n) is 2.62. The number of rotatable bonds is 3. The first-order valence-corrected chi connectivity index (χ1v) is 6.47. The standard InChI is InChI=1S/C14H10BrF3O2/c1-7(19)8-2-3-12(10(16)4-8)20-13-6-9(15)5-11(17)14(13)18/h2-7,19H,1H3. The van der Waals surface area contributed by atoms with Crippen molar-refractivity contribution >= 4 is 15.9 Å². The Morgan fingerprint density at radius 1 is 1.05 bits per heavy atom. The fraction of sp³-hybridized carbons (Fsp3) is 0.143. The summed E-state index contributed by atoms with van der Waals surface area (Å²) in [6.45, 7) is 1.48. The predicted molar refractivity (Wildman–Crippen MR) is 71.2 cm³/mol. The van der Waals surface area contributed by atoms with Crippen molar-refractivity contribution in [1.82, 2.24) is 0 Å². The van der Waals surface area contributed by atoms with Crippen LogP contribution in [0.5, 0.6) is 11.5 Å². The molecule has 0 aliphatic heterocycles. The Morgan fingerprint density at radius 3 is 2.35 bits per heavy atom. The first-order valence-electron chi connectivity index (χ1n) is 5.68. The summed E-state index contributed by atoms with van der Waals surface area (Å²) in [4.78, 5) is 0. The van der Waals surface area contributed by atoms with Crippen LogP contribution >= 0.6 is 15.9 Å². The first-order chi connectivity index (χ1) is 9.38. The van der Waals surface area contributed by atoms with Crippen LogP contribution in [0.15, 0.2) is 34.8 Å². The highest BCUT2D eigenvalue weighted by Crippen LogP contribution is 2.31. The molecule has 1 unspecified atom stereocenters. The van der Waals surface area contributed by atoms with Crippen molar-refractivity contribution in [2.45, 2.75) is 13.0 Å². The van der Waals surface area contributed by atoms with Gasteiger partial charge in [0, 0.05) is 4.47 Å². The Balaban J connectivity index is 2.35. The van der Waals surface area contributed by atoms with Crippen molar-refractivity contribution in [2.75, 3.05) is 0 Å². The molecule has 2 nitrogen and oxygen atoms in total. The predicted octanol–water partition coefficient (Wildman–Crippen LogP) is 4.71. The van der Waals surface area contributed by atoms with E-state index >= 15 is 0 Å². The second-order valence-electron chi connectivity index (χ2n) is 4.17. The molecule has 2 rings (SSSR count). The average Bonchev–Trinajstić information content (AvgIpc) is 2.37. The van der Waals surface area contributed by atoms with Crippen molar-refractivity contribution in [2.24, 2.45) is 0 Å². The lowest BCUT2D eigenvalue weighted by molar-refractivity contribution is 0.198. The van der Waals surface area contributed by atoms with Gasteiger partial charge in [-0.1, -0.05) is 22.0 Å². The van der Waals surface area contributed by atoms with Crippen molar-refractivity contribution < 1.29 is 23.0 Å². The Hall–Kier alpha value is -1.53. The average molecular weight is 347 g/mol. The molecular weight excluding hydrogens is 337 g/mol. The van der Waals surface area contributed by atoms with Crippen LogP contribution in [-0.4, -0.2) is 5.11 Å². The lowest BCUT2D eigenvalue weighted by Crippen LogP contribution is -1.97. The molecule has 20 heavy (non-hydrogen) atoms. The van der Waals surface area contributed by atoms with Crippen LogP contribution in [0.2, 0.25) is 0 Å². The largest absolute Gasteiger partial charge is 0.451 e. The molecule has 106 valence electrons. The minimum atomic E-state index is -1.20. The summed E-state index contributed by atoms with van der Waals surface area (Å²) in [5, 5.41) is 9.32. The van der Waals surface area contributed by atoms with Crippen LogP contribution in [-0.2, 0) is 0 Å². The minimum absolute atomic E-state index is 0.259. The summed E-state index contributed by atoms with van der Waals surface area (Å²) in [5.41, 5.74) is 0.357. The molecule has 0 fully saturated rings. The molecule has 0 aliphatic rings. The van der Waals surface area contributed by atoms with Gasteiger partial charge in [-0.2, -0.15) is 4.39 Å². The molecular formula is C14H10BrF3O2. The van der Waals surface area contributed by atoms with Crippen LogP contribution in [0, 0.1) is 17.5 Å². The lowest BCUT2D eigenvalue weighted by Gasteiger charge is -2.11. The summed E-state index contributed by atoms with van der Waals surface area (Å²) >= 11 is 3.00. The van der Waals surface area contributed by atoms with Gasteiger partial charge in [-0.05, 0) is 36.8 Å². The molecule has 0 saturated heterocycles. The van der Waals surface area contributed by atoms with E-state index in [1.807, 2.05) is 0 Å². The van der Waals surface area contributed by atoms with E-state index in [1.165, 1.54) is 25.1 Å². The normalized spacial score (nSPS) is 12.3. The molecule has 0 bridgehead atoms. The second-order valence-corrected chi connectivity index (χ2v) is 5.08. The number of aliphatic hydroxyl groups excluding tert-OH is 1. The summed E-state index contributed by atoms with van der Waals surface area (Å²) in [7, 11) is 0. The topological polar surface area (TPSA) is 29.5 Å². The number of ether oxygens (including phenoxy) is 1. The molecule has 2 aromatic rings. The highest BCUT2D eigenvalue weighted by Gasteiger charge is 2.15. The Bertz CT molecular complexity index is 645. The van der Waals surface area contributed by atoms with Crippen molar-refractivity contribution in [3.8, 4) is 11.5 Å². The van der Waals surface area contributed by atoms with E-state index in [0.717, 1.165) is 12.1 Å². The van der Waals surface area contributed by atoms with Crippen molar-refractivity contribution in [3.63, 3.8) is 0 Å². The van der Waals surface area contributed by atoms with Gasteiger partial charge in [0.15, 0.2) is 23.1 Å². The zero-order valence-electron chi connectivity index (χ0n) is 10.3. The van der Waals surface area contributed by atoms with E-state index < -0.39 is 29.3 Å². The monoisotopic (exact) mass is 346 g/mol. The van der Waals surface area contributed by atoms with Crippen molar-refractivity contribution in [1.29, 1.82) is 0 Å². The number of hydrogen-bond acceptors (Lipinski definition) is 2. The Labute approximate surface area is 121 Å². The molecule has 2 aromatic carbocycles. The maximum atomic E-state index is 13.8. The molecule has 0 radical (unpaired) electrons. The van der Waals surface area contributed by atoms with Gasteiger partial charge in [-0.25, -0.2) is 8.78 Å². The lowest BCUT2D eigenvalue weighted by atomic mass is 10.1. The second kappa shape index (κ2) is 5.85. The molecule has 6 heteroatoms. The summed E-state index contributed by atoms with van der Waals surface area (Å²) in [6, 6.07) is 5.90. The van der Waals surface area contributed by atoms with Gasteiger partial charge in [0.05, 0.1) is 6.10 Å². The van der Waals surface area contributed by atoms with E-state index in [4.69, 9.17) is 4.74 Å². The van der Waals surface area contributed by atoms with Crippen LogP contribution in [0.3, 0.4) is 0 Å². The van der Waals surface area contributed by atoms with Gasteiger partial charge in [0.2, 0.25) is 5.82 Å². The maximum Gasteiger partial charge on any atom is 0.201 e. The van der Waals surface area contributed by atoms with Crippen LogP contribution in [0.4, 0.5) is 13.2 Å². The van der Waals surface area contributed by atoms with Crippen LogP contribution in [0.25, 0.3) is 0 Å². The van der Waals surface area contributed by atoms with Crippen LogP contribution in [0.1, 0.15) is 18.6 Å². The maximum absolute atomic E-state index is 13.8. The van der Waals surface area contributed by atoms with E-state index in [1.54, 1.807) is 0 Å². The van der Waals surface area contributed by atoms with Crippen LogP contribution < -0.4 is 4.74 Å². The molecule has 0 spiro atoms. The molecule has 0 aromatic heterocycles. The highest BCUT2D eigenvalue weighted by atomic mass is 79.9. The molecule has 0 aliphatic carbocycles. The molecule has 0 amide bonds. The van der Waals surface area contributed by atoms with E-state index in [-0.39, 0.29) is 10.2 Å². The number of benzene rings is 2. The fourth-order valence-electron chi connectivity index (χ4n) is 1.58. The van der Waals surface area contributed by atoms with Gasteiger partial charge in [-0.15, -0.1) is 0 Å². The summed E-state index contributed by atoms with van der Waals surface area (Å²) in [6.07, 6.45) is -0.835. The smallest absolute Gasteiger partial charge is 0.201 e. The van der Waals surface area contributed by atoms with E-state index in [0.29, 0.717) is 5.56 Å². The quantitative estimate of drug-likeness (QED) is 0.815. The fourth-order valence-corrected chi connectivity index (χ4v) is 1.99. The number of halogens is 4. The van der Waals surface area contributed by atoms with Gasteiger partial charge in [0.25, 0.3) is 0 Å². The van der Waals surface area contributed by atoms with Crippen molar-refractivity contribution in [3.05, 3.63) is 57.8 Å². The highest BCUT2D eigenvalue weighted by molar-refractivity contribution is 9.10. The van der Waals surface area contributed by atoms with E-state index in [9.17, 15) is 18.3 Å². The molecule has 1 atom stereocenters. The third-order valence-corrected chi connectivity index (χ3v) is 3.08. The number of hydrogen-bond donors (Lipinski definition) is 1. The van der Waals surface area contributed by atoms with E-state index in [2.05, 4.69) is 15.9 Å². The first kappa shape index (κ1) is 14.9. The van der Waals surface area contributed by atoms with Gasteiger partial charge >= 0.3 is 0 Å². The zero-order chi connectivity index (χ0) is 14.9. The zero-order valence-corrected chi connectivity index (χ0v) is 11.9. The molecule has 0 heterocycles. The third kappa shape index (κ3) is 3.13. The van der Waals surface area contributed by atoms with Gasteiger partial charge < -0.3 is 9.84 Å². The summed E-state index contributed by atoms with van der Waals surface area (Å²) < 4.78 is 45.8.